The molecule has 11 heteroatoms. The van der Waals surface area contributed by atoms with Gasteiger partial charge in [-0.2, -0.15) is 17.5 Å². The van der Waals surface area contributed by atoms with E-state index in [1.54, 1.807) is 18.2 Å². The first kappa shape index (κ1) is 23.0. The van der Waals surface area contributed by atoms with Gasteiger partial charge in [0.2, 0.25) is 15.9 Å². The molecule has 174 valence electrons. The van der Waals surface area contributed by atoms with Crippen LogP contribution in [-0.2, 0) is 10.0 Å². The van der Waals surface area contributed by atoms with Crippen LogP contribution in [0.3, 0.4) is 0 Å². The second-order valence-corrected chi connectivity index (χ2v) is 9.43. The Morgan fingerprint density at radius 1 is 0.970 bits per heavy atom. The van der Waals surface area contributed by atoms with Crippen molar-refractivity contribution in [3.05, 3.63) is 66.4 Å². The Morgan fingerprint density at radius 3 is 2.30 bits per heavy atom. The number of fused-ring (bicyclic) bond motifs is 1. The molecule has 2 aromatic carbocycles. The number of pyridine rings is 1. The number of carbonyl (C=O) groups excluding carboxylic acids is 1. The zero-order valence-electron chi connectivity index (χ0n) is 17.3. The van der Waals surface area contributed by atoms with E-state index in [4.69, 9.17) is 0 Å². The number of carbonyl (C=O) groups is 1. The van der Waals surface area contributed by atoms with Crippen LogP contribution < -0.4 is 4.74 Å². The van der Waals surface area contributed by atoms with Crippen molar-refractivity contribution in [2.24, 2.45) is 0 Å². The molecule has 0 atom stereocenters. The predicted molar refractivity (Wildman–Crippen MR) is 114 cm³/mol. The van der Waals surface area contributed by atoms with E-state index in [9.17, 15) is 26.4 Å². The van der Waals surface area contributed by atoms with Gasteiger partial charge in [0, 0.05) is 38.4 Å². The molecular formula is C22H20F3N3O4S. The van der Waals surface area contributed by atoms with E-state index >= 15 is 0 Å². The summed E-state index contributed by atoms with van der Waals surface area (Å²) in [4.78, 5) is 18.1. The normalized spacial score (nSPS) is 15.5. The number of benzene rings is 2. The number of rotatable bonds is 5. The molecule has 0 unspecified atom stereocenters. The van der Waals surface area contributed by atoms with Gasteiger partial charge in [0.15, 0.2) is 6.61 Å². The lowest BCUT2D eigenvalue weighted by molar-refractivity contribution is -0.154. The van der Waals surface area contributed by atoms with Gasteiger partial charge in [0.05, 0.1) is 10.5 Å². The van der Waals surface area contributed by atoms with Gasteiger partial charge < -0.3 is 9.64 Å². The summed E-state index contributed by atoms with van der Waals surface area (Å²) in [6.45, 7) is -0.862. The topological polar surface area (TPSA) is 79.8 Å². The molecule has 2 heterocycles. The third-order valence-electron chi connectivity index (χ3n) is 5.25. The van der Waals surface area contributed by atoms with Gasteiger partial charge in [-0.1, -0.05) is 30.3 Å². The van der Waals surface area contributed by atoms with Crippen LogP contribution in [0.25, 0.3) is 10.8 Å². The van der Waals surface area contributed by atoms with Crippen molar-refractivity contribution in [1.82, 2.24) is 14.2 Å². The van der Waals surface area contributed by atoms with E-state index < -0.39 is 22.8 Å². The Balaban J connectivity index is 1.39. The first-order valence-corrected chi connectivity index (χ1v) is 11.5. The van der Waals surface area contributed by atoms with Crippen LogP contribution in [0.2, 0.25) is 0 Å². The van der Waals surface area contributed by atoms with Gasteiger partial charge >= 0.3 is 6.18 Å². The maximum atomic E-state index is 13.1. The molecule has 1 saturated heterocycles. The predicted octanol–water partition coefficient (Wildman–Crippen LogP) is 3.32. The quantitative estimate of drug-likeness (QED) is 0.561. The molecule has 3 aromatic rings. The molecule has 0 N–H and O–H groups in total. The molecule has 0 radical (unpaired) electrons. The van der Waals surface area contributed by atoms with Crippen LogP contribution in [0.5, 0.6) is 5.88 Å². The number of alkyl halides is 3. The zero-order chi connectivity index (χ0) is 23.6. The molecule has 1 amide bonds. The summed E-state index contributed by atoms with van der Waals surface area (Å²) in [5.41, 5.74) is 0.181. The zero-order valence-corrected chi connectivity index (χ0v) is 18.1. The molecule has 1 aliphatic rings. The summed E-state index contributed by atoms with van der Waals surface area (Å²) in [6, 6.07) is 15.0. The minimum atomic E-state index is -4.48. The Morgan fingerprint density at radius 2 is 1.67 bits per heavy atom. The Bertz CT molecular complexity index is 1260. The summed E-state index contributed by atoms with van der Waals surface area (Å²) in [6.07, 6.45) is -3.34. The molecular weight excluding hydrogens is 459 g/mol. The Kier molecular flexibility index (Phi) is 6.26. The summed E-state index contributed by atoms with van der Waals surface area (Å²) in [5, 5.41) is 1.76. The minimum absolute atomic E-state index is 0.126. The van der Waals surface area contributed by atoms with Crippen molar-refractivity contribution >= 4 is 26.7 Å². The number of ether oxygens (including phenoxy) is 1. The lowest BCUT2D eigenvalue weighted by Gasteiger charge is -2.34. The highest BCUT2D eigenvalue weighted by Gasteiger charge is 2.31. The molecule has 1 aliphatic heterocycles. The highest BCUT2D eigenvalue weighted by Crippen LogP contribution is 2.23. The summed E-state index contributed by atoms with van der Waals surface area (Å²) >= 11 is 0. The number of hydrogen-bond acceptors (Lipinski definition) is 5. The van der Waals surface area contributed by atoms with Crippen molar-refractivity contribution in [2.75, 3.05) is 32.8 Å². The van der Waals surface area contributed by atoms with Gasteiger partial charge in [-0.15, -0.1) is 0 Å². The molecule has 7 nitrogen and oxygen atoms in total. The maximum Gasteiger partial charge on any atom is 0.422 e. The fraction of sp³-hybridized carbons (Fsp3) is 0.273. The highest BCUT2D eigenvalue weighted by atomic mass is 32.2. The van der Waals surface area contributed by atoms with Crippen LogP contribution in [0.1, 0.15) is 10.4 Å². The second-order valence-electron chi connectivity index (χ2n) is 7.49. The molecule has 1 fully saturated rings. The van der Waals surface area contributed by atoms with Crippen molar-refractivity contribution in [3.8, 4) is 5.88 Å². The van der Waals surface area contributed by atoms with Crippen LogP contribution in [0, 0.1) is 0 Å². The third kappa shape index (κ3) is 5.25. The Hall–Kier alpha value is -3.18. The molecule has 33 heavy (non-hydrogen) atoms. The van der Waals surface area contributed by atoms with E-state index in [0.29, 0.717) is 0 Å². The standard InChI is InChI=1S/C22H20F3N3O4S/c23-22(24,25)15-32-20-8-6-18(14-26-20)21(29)27-9-11-28(12-10-27)33(30,31)19-7-5-16-3-1-2-4-17(16)13-19/h1-8,13-14H,9-12,15H2. The van der Waals surface area contributed by atoms with E-state index in [1.165, 1.54) is 21.3 Å². The number of piperazine rings is 1. The van der Waals surface area contributed by atoms with E-state index in [-0.39, 0.29) is 48.4 Å². The first-order valence-electron chi connectivity index (χ1n) is 10.1. The molecule has 0 bridgehead atoms. The molecule has 4 rings (SSSR count). The van der Waals surface area contributed by atoms with E-state index in [2.05, 4.69) is 9.72 Å². The SMILES string of the molecule is O=C(c1ccc(OCC(F)(F)F)nc1)N1CCN(S(=O)(=O)c2ccc3ccccc3c2)CC1. The minimum Gasteiger partial charge on any atom is -0.468 e. The summed E-state index contributed by atoms with van der Waals surface area (Å²) in [5.74, 6) is -0.622. The largest absolute Gasteiger partial charge is 0.468 e. The number of halogens is 3. The maximum absolute atomic E-state index is 13.1. The molecule has 0 spiro atoms. The number of hydrogen-bond donors (Lipinski definition) is 0. The smallest absolute Gasteiger partial charge is 0.422 e. The average molecular weight is 479 g/mol. The fourth-order valence-corrected chi connectivity index (χ4v) is 5.00. The summed E-state index contributed by atoms with van der Waals surface area (Å²) < 4.78 is 68.7. The average Bonchev–Trinajstić information content (AvgIpc) is 2.82. The summed E-state index contributed by atoms with van der Waals surface area (Å²) in [7, 11) is -3.72. The van der Waals surface area contributed by atoms with Gasteiger partial charge in [-0.05, 0) is 29.0 Å². The van der Waals surface area contributed by atoms with Crippen LogP contribution >= 0.6 is 0 Å². The Labute approximate surface area is 188 Å². The van der Waals surface area contributed by atoms with Gasteiger partial charge in [0.1, 0.15) is 0 Å². The number of amides is 1. The lowest BCUT2D eigenvalue weighted by atomic mass is 10.1. The van der Waals surface area contributed by atoms with Crippen molar-refractivity contribution in [3.63, 3.8) is 0 Å². The van der Waals surface area contributed by atoms with Gasteiger partial charge in [0.25, 0.3) is 5.91 Å². The van der Waals surface area contributed by atoms with Crippen molar-refractivity contribution < 1.29 is 31.1 Å². The van der Waals surface area contributed by atoms with Crippen LogP contribution in [0.15, 0.2) is 65.7 Å². The third-order valence-corrected chi connectivity index (χ3v) is 7.15. The lowest BCUT2D eigenvalue weighted by Crippen LogP contribution is -2.50. The van der Waals surface area contributed by atoms with Crippen molar-refractivity contribution in [2.45, 2.75) is 11.1 Å². The van der Waals surface area contributed by atoms with Gasteiger partial charge in [-0.3, -0.25) is 4.79 Å². The van der Waals surface area contributed by atoms with E-state index in [0.717, 1.165) is 17.0 Å². The first-order chi connectivity index (χ1) is 15.6. The number of aromatic nitrogens is 1. The fourth-order valence-electron chi connectivity index (χ4n) is 3.54. The van der Waals surface area contributed by atoms with Crippen molar-refractivity contribution in [1.29, 1.82) is 0 Å². The van der Waals surface area contributed by atoms with E-state index in [1.807, 2.05) is 24.3 Å². The number of sulfonamides is 1. The highest BCUT2D eigenvalue weighted by molar-refractivity contribution is 7.89. The molecule has 0 saturated carbocycles. The van der Waals surface area contributed by atoms with Crippen LogP contribution in [0.4, 0.5) is 13.2 Å². The second kappa shape index (κ2) is 8.99. The molecule has 1 aromatic heterocycles. The monoisotopic (exact) mass is 479 g/mol. The molecule has 0 aliphatic carbocycles. The number of nitrogens with zero attached hydrogens (tertiary/aromatic N) is 3. The van der Waals surface area contributed by atoms with Gasteiger partial charge in [-0.25, -0.2) is 13.4 Å². The van der Waals surface area contributed by atoms with Crippen LogP contribution in [-0.4, -0.2) is 67.5 Å².